The molecule has 0 aromatic heterocycles. The van der Waals surface area contributed by atoms with Crippen LogP contribution in [0.25, 0.3) is 0 Å². The summed E-state index contributed by atoms with van der Waals surface area (Å²) in [7, 11) is 0. The third-order valence-corrected chi connectivity index (χ3v) is 3.62. The number of hydrogen-bond donors (Lipinski definition) is 1. The molecule has 20 heavy (non-hydrogen) atoms. The number of β-amino-alcohol motifs (C(OH)–C–C–N with tert-alkyl or cyclic N) is 1. The van der Waals surface area contributed by atoms with E-state index in [0.717, 1.165) is 6.42 Å². The van der Waals surface area contributed by atoms with Crippen molar-refractivity contribution in [3.63, 3.8) is 0 Å². The third kappa shape index (κ3) is 3.49. The summed E-state index contributed by atoms with van der Waals surface area (Å²) < 4.78 is 5.40. The van der Waals surface area contributed by atoms with Gasteiger partial charge in [-0.3, -0.25) is 4.79 Å². The molecule has 5 nitrogen and oxygen atoms in total. The van der Waals surface area contributed by atoms with E-state index >= 15 is 0 Å². The highest BCUT2D eigenvalue weighted by Crippen LogP contribution is 2.17. The van der Waals surface area contributed by atoms with Gasteiger partial charge in [0.05, 0.1) is 17.7 Å². The van der Waals surface area contributed by atoms with Gasteiger partial charge in [-0.05, 0) is 36.6 Å². The number of likely N-dealkylation sites (tertiary alicyclic amines) is 1. The average molecular weight is 274 g/mol. The molecule has 1 heterocycles. The molecule has 0 bridgehead atoms. The van der Waals surface area contributed by atoms with E-state index in [9.17, 15) is 9.90 Å². The number of nitrogens with zero attached hydrogens (tertiary/aromatic N) is 2. The summed E-state index contributed by atoms with van der Waals surface area (Å²) in [5, 5.41) is 18.5. The minimum absolute atomic E-state index is 0.0486. The van der Waals surface area contributed by atoms with Crippen molar-refractivity contribution in [1.29, 1.82) is 5.26 Å². The first-order valence-electron chi connectivity index (χ1n) is 6.69. The van der Waals surface area contributed by atoms with E-state index in [1.807, 2.05) is 13.0 Å². The minimum Gasteiger partial charge on any atom is -0.484 e. The monoisotopic (exact) mass is 274 g/mol. The lowest BCUT2D eigenvalue weighted by atomic mass is 9.96. The van der Waals surface area contributed by atoms with Crippen molar-refractivity contribution in [2.45, 2.75) is 19.4 Å². The predicted molar refractivity (Wildman–Crippen MR) is 73.0 cm³/mol. The van der Waals surface area contributed by atoms with E-state index in [1.54, 1.807) is 29.2 Å². The Kier molecular flexibility index (Phi) is 4.59. The van der Waals surface area contributed by atoms with Gasteiger partial charge in [-0.25, -0.2) is 0 Å². The second-order valence-electron chi connectivity index (χ2n) is 5.10. The first kappa shape index (κ1) is 14.4. The van der Waals surface area contributed by atoms with Crippen molar-refractivity contribution < 1.29 is 14.6 Å². The normalized spacial score (nSPS) is 22.1. The third-order valence-electron chi connectivity index (χ3n) is 3.62. The molecule has 106 valence electrons. The molecule has 1 N–H and O–H groups in total. The van der Waals surface area contributed by atoms with E-state index in [4.69, 9.17) is 10.00 Å². The fraction of sp³-hybridized carbons (Fsp3) is 0.467. The molecule has 1 fully saturated rings. The molecular weight excluding hydrogens is 256 g/mol. The smallest absolute Gasteiger partial charge is 0.260 e. The molecule has 0 saturated carbocycles. The first-order chi connectivity index (χ1) is 9.60. The summed E-state index contributed by atoms with van der Waals surface area (Å²) in [6, 6.07) is 8.64. The molecule has 1 saturated heterocycles. The number of benzene rings is 1. The average Bonchev–Trinajstić information content (AvgIpc) is 2.48. The molecule has 0 radical (unpaired) electrons. The van der Waals surface area contributed by atoms with Gasteiger partial charge in [-0.2, -0.15) is 5.26 Å². The highest BCUT2D eigenvalue weighted by atomic mass is 16.5. The quantitative estimate of drug-likeness (QED) is 0.897. The Balaban J connectivity index is 1.84. The zero-order valence-corrected chi connectivity index (χ0v) is 11.5. The lowest BCUT2D eigenvalue weighted by Crippen LogP contribution is -2.47. The van der Waals surface area contributed by atoms with Crippen LogP contribution in [0.4, 0.5) is 0 Å². The predicted octanol–water partition coefficient (Wildman–Crippen LogP) is 1.17. The van der Waals surface area contributed by atoms with Crippen LogP contribution in [-0.2, 0) is 4.79 Å². The number of amides is 1. The van der Waals surface area contributed by atoms with Crippen LogP contribution < -0.4 is 4.74 Å². The van der Waals surface area contributed by atoms with E-state index in [2.05, 4.69) is 0 Å². The molecule has 2 unspecified atom stereocenters. The summed E-state index contributed by atoms with van der Waals surface area (Å²) in [5.41, 5.74) is 0.553. The van der Waals surface area contributed by atoms with Crippen LogP contribution in [-0.4, -0.2) is 41.7 Å². The molecule has 5 heteroatoms. The number of ether oxygens (including phenoxy) is 1. The Labute approximate surface area is 118 Å². The number of rotatable bonds is 3. The molecule has 2 rings (SSSR count). The molecule has 0 spiro atoms. The lowest BCUT2D eigenvalue weighted by molar-refractivity contribution is -0.137. The van der Waals surface area contributed by atoms with Gasteiger partial charge in [0.2, 0.25) is 0 Å². The van der Waals surface area contributed by atoms with Gasteiger partial charge in [-0.1, -0.05) is 6.92 Å². The molecular formula is C15H18N2O3. The number of aliphatic hydroxyl groups is 1. The second-order valence-corrected chi connectivity index (χ2v) is 5.10. The fourth-order valence-electron chi connectivity index (χ4n) is 2.14. The van der Waals surface area contributed by atoms with E-state index in [-0.39, 0.29) is 18.4 Å². The molecule has 1 aromatic carbocycles. The zero-order chi connectivity index (χ0) is 14.5. The Hall–Kier alpha value is -2.06. The molecule has 1 aromatic rings. The van der Waals surface area contributed by atoms with Gasteiger partial charge < -0.3 is 14.7 Å². The Morgan fingerprint density at radius 1 is 1.50 bits per heavy atom. The van der Waals surface area contributed by atoms with E-state index in [1.165, 1.54) is 0 Å². The maximum absolute atomic E-state index is 12.0. The van der Waals surface area contributed by atoms with Crippen molar-refractivity contribution in [3.8, 4) is 11.8 Å². The number of aliphatic hydroxyl groups excluding tert-OH is 1. The maximum Gasteiger partial charge on any atom is 0.260 e. The van der Waals surface area contributed by atoms with Crippen LogP contribution in [0.15, 0.2) is 24.3 Å². The summed E-state index contributed by atoms with van der Waals surface area (Å²) in [5.74, 6) is 0.669. The van der Waals surface area contributed by atoms with Gasteiger partial charge in [0.25, 0.3) is 5.91 Å². The van der Waals surface area contributed by atoms with E-state index < -0.39 is 6.10 Å². The van der Waals surface area contributed by atoms with Gasteiger partial charge in [0, 0.05) is 13.1 Å². The summed E-state index contributed by atoms with van der Waals surface area (Å²) in [4.78, 5) is 13.6. The first-order valence-corrected chi connectivity index (χ1v) is 6.69. The second kappa shape index (κ2) is 6.40. The van der Waals surface area contributed by atoms with Crippen LogP contribution in [0, 0.1) is 17.2 Å². The summed E-state index contributed by atoms with van der Waals surface area (Å²) >= 11 is 0. The standard InChI is InChI=1S/C15H18N2O3/c1-11-6-7-17(9-14(11)18)15(19)10-20-13-4-2-12(8-16)3-5-13/h2-5,11,14,18H,6-7,9-10H2,1H3. The lowest BCUT2D eigenvalue weighted by Gasteiger charge is -2.34. The topological polar surface area (TPSA) is 73.6 Å². The fourth-order valence-corrected chi connectivity index (χ4v) is 2.14. The summed E-state index contributed by atoms with van der Waals surface area (Å²) in [6.45, 7) is 2.97. The van der Waals surface area contributed by atoms with E-state index in [0.29, 0.717) is 24.4 Å². The number of carbonyl (C=O) groups excluding carboxylic acids is 1. The summed E-state index contributed by atoms with van der Waals surface area (Å²) in [6.07, 6.45) is 0.353. The number of hydrogen-bond acceptors (Lipinski definition) is 4. The number of carbonyl (C=O) groups is 1. The SMILES string of the molecule is CC1CCN(C(=O)COc2ccc(C#N)cc2)CC1O. The highest BCUT2D eigenvalue weighted by molar-refractivity contribution is 5.77. The van der Waals surface area contributed by atoms with Crippen molar-refractivity contribution in [2.75, 3.05) is 19.7 Å². The van der Waals surface area contributed by atoms with Crippen LogP contribution in [0.5, 0.6) is 5.75 Å². The van der Waals surface area contributed by atoms with Gasteiger partial charge >= 0.3 is 0 Å². The van der Waals surface area contributed by atoms with Crippen LogP contribution in [0.1, 0.15) is 18.9 Å². The highest BCUT2D eigenvalue weighted by Gasteiger charge is 2.27. The van der Waals surface area contributed by atoms with Crippen molar-refractivity contribution in [3.05, 3.63) is 29.8 Å². The number of piperidine rings is 1. The maximum atomic E-state index is 12.0. The van der Waals surface area contributed by atoms with Gasteiger partial charge in [0.1, 0.15) is 5.75 Å². The Morgan fingerprint density at radius 2 is 2.20 bits per heavy atom. The van der Waals surface area contributed by atoms with Crippen molar-refractivity contribution in [2.24, 2.45) is 5.92 Å². The van der Waals surface area contributed by atoms with Crippen LogP contribution in [0.2, 0.25) is 0 Å². The number of nitriles is 1. The van der Waals surface area contributed by atoms with Crippen LogP contribution >= 0.6 is 0 Å². The largest absolute Gasteiger partial charge is 0.484 e. The van der Waals surface area contributed by atoms with Gasteiger partial charge in [-0.15, -0.1) is 0 Å². The molecule has 0 aliphatic carbocycles. The van der Waals surface area contributed by atoms with Gasteiger partial charge in [0.15, 0.2) is 6.61 Å². The minimum atomic E-state index is -0.456. The molecule has 1 aliphatic rings. The molecule has 1 aliphatic heterocycles. The van der Waals surface area contributed by atoms with Crippen molar-refractivity contribution in [1.82, 2.24) is 4.90 Å². The van der Waals surface area contributed by atoms with Crippen molar-refractivity contribution >= 4 is 5.91 Å². The van der Waals surface area contributed by atoms with Crippen LogP contribution in [0.3, 0.4) is 0 Å². The molecule has 1 amide bonds. The zero-order valence-electron chi connectivity index (χ0n) is 11.5. The Bertz CT molecular complexity index is 507. The molecule has 2 atom stereocenters. The Morgan fingerprint density at radius 3 is 2.80 bits per heavy atom.